The number of para-hydroxylation sites is 1. The molecule has 10 heteroatoms. The molecule has 10 nitrogen and oxygen atoms in total. The number of anilines is 1. The van der Waals surface area contributed by atoms with Crippen molar-refractivity contribution in [1.82, 2.24) is 24.0 Å². The maximum Gasteiger partial charge on any atom is 0.329 e. The number of aromatic amines is 1. The second-order valence-electron chi connectivity index (χ2n) is 8.16. The number of imidazole rings is 1. The number of likely N-dealkylation sites (N-methyl/N-ethyl adjacent to an activating group) is 1. The van der Waals surface area contributed by atoms with Crippen LogP contribution in [0.2, 0.25) is 0 Å². The number of nitrogens with one attached hydrogen (secondary N) is 1. The Bertz CT molecular complexity index is 1210. The molecular weight excluding hydrogens is 412 g/mol. The van der Waals surface area contributed by atoms with E-state index in [2.05, 4.69) is 26.7 Å². The minimum atomic E-state index is -0.876. The van der Waals surface area contributed by atoms with Gasteiger partial charge >= 0.3 is 5.69 Å². The summed E-state index contributed by atoms with van der Waals surface area (Å²) in [6, 6.07) is 7.61. The predicted molar refractivity (Wildman–Crippen MR) is 123 cm³/mol. The first kappa shape index (κ1) is 22.1. The van der Waals surface area contributed by atoms with Crippen molar-refractivity contribution in [3.63, 3.8) is 0 Å². The van der Waals surface area contributed by atoms with Crippen LogP contribution in [0.25, 0.3) is 11.2 Å². The molecule has 0 amide bonds. The third-order valence-electron chi connectivity index (χ3n) is 6.01. The van der Waals surface area contributed by atoms with E-state index in [1.807, 2.05) is 31.2 Å². The number of aliphatic hydroxyl groups is 1. The van der Waals surface area contributed by atoms with E-state index in [9.17, 15) is 14.7 Å². The normalized spacial score (nSPS) is 15.9. The topological polar surface area (TPSA) is 109 Å². The molecule has 2 aromatic heterocycles. The Hall–Kier alpha value is -3.11. The summed E-state index contributed by atoms with van der Waals surface area (Å²) in [4.78, 5) is 36.3. The maximum atomic E-state index is 12.7. The highest BCUT2D eigenvalue weighted by molar-refractivity contribution is 5.74. The highest BCUT2D eigenvalue weighted by atomic mass is 16.5. The predicted octanol–water partition coefficient (Wildman–Crippen LogP) is 0.314. The Morgan fingerprint density at radius 1 is 1.19 bits per heavy atom. The van der Waals surface area contributed by atoms with Crippen LogP contribution in [0.5, 0.6) is 5.75 Å². The zero-order valence-electron chi connectivity index (χ0n) is 18.7. The van der Waals surface area contributed by atoms with Gasteiger partial charge in [0.05, 0.1) is 6.54 Å². The Morgan fingerprint density at radius 3 is 2.59 bits per heavy atom. The summed E-state index contributed by atoms with van der Waals surface area (Å²) < 4.78 is 8.84. The van der Waals surface area contributed by atoms with Gasteiger partial charge in [-0.15, -0.1) is 0 Å². The molecule has 3 aromatic rings. The van der Waals surface area contributed by atoms with E-state index in [-0.39, 0.29) is 18.7 Å². The summed E-state index contributed by atoms with van der Waals surface area (Å²) >= 11 is 0. The molecule has 1 saturated heterocycles. The van der Waals surface area contributed by atoms with Gasteiger partial charge in [-0.05, 0) is 25.1 Å². The van der Waals surface area contributed by atoms with Crippen molar-refractivity contribution in [1.29, 1.82) is 0 Å². The van der Waals surface area contributed by atoms with Crippen LogP contribution in [-0.4, -0.2) is 74.5 Å². The Kier molecular flexibility index (Phi) is 6.33. The van der Waals surface area contributed by atoms with E-state index in [1.165, 1.54) is 4.57 Å². The number of fused-ring (bicyclic) bond motifs is 1. The second-order valence-corrected chi connectivity index (χ2v) is 8.16. The second kappa shape index (κ2) is 9.17. The van der Waals surface area contributed by atoms with Crippen molar-refractivity contribution < 1.29 is 9.84 Å². The fourth-order valence-corrected chi connectivity index (χ4v) is 4.07. The molecule has 0 aliphatic carbocycles. The molecule has 2 N–H and O–H groups in total. The smallest absolute Gasteiger partial charge is 0.329 e. The first-order chi connectivity index (χ1) is 15.4. The van der Waals surface area contributed by atoms with Crippen molar-refractivity contribution in [2.75, 3.05) is 44.2 Å². The lowest BCUT2D eigenvalue weighted by molar-refractivity contribution is 0.0932. The van der Waals surface area contributed by atoms with Crippen molar-refractivity contribution in [2.45, 2.75) is 26.5 Å². The molecule has 32 heavy (non-hydrogen) atoms. The van der Waals surface area contributed by atoms with Crippen LogP contribution in [0, 0.1) is 6.92 Å². The van der Waals surface area contributed by atoms with Gasteiger partial charge in [0, 0.05) is 33.2 Å². The van der Waals surface area contributed by atoms with E-state index in [1.54, 1.807) is 11.6 Å². The first-order valence-corrected chi connectivity index (χ1v) is 10.9. The zero-order valence-corrected chi connectivity index (χ0v) is 18.7. The number of nitrogens with zero attached hydrogens (tertiary/aromatic N) is 5. The van der Waals surface area contributed by atoms with Gasteiger partial charge in [-0.25, -0.2) is 4.79 Å². The molecule has 172 valence electrons. The summed E-state index contributed by atoms with van der Waals surface area (Å²) in [5.41, 5.74) is 0.529. The molecule has 4 rings (SSSR count). The van der Waals surface area contributed by atoms with Gasteiger partial charge in [-0.3, -0.25) is 14.3 Å². The van der Waals surface area contributed by atoms with E-state index in [0.717, 1.165) is 38.3 Å². The molecule has 1 fully saturated rings. The highest BCUT2D eigenvalue weighted by Gasteiger charge is 2.25. The average molecular weight is 443 g/mol. The number of aryl methyl sites for hydroxylation is 2. The number of piperazine rings is 1. The molecule has 1 aromatic carbocycles. The SMILES string of the molecule is CCN1CCN(c2nc3c(c(=O)[nH]c(=O)n3C)n2C[C@H](O)COc2ccccc2C)CC1. The molecule has 0 bridgehead atoms. The van der Waals surface area contributed by atoms with E-state index >= 15 is 0 Å². The number of rotatable bonds is 7. The van der Waals surface area contributed by atoms with Gasteiger partial charge in [0.15, 0.2) is 11.2 Å². The Labute approximate surface area is 185 Å². The maximum absolute atomic E-state index is 12.7. The lowest BCUT2D eigenvalue weighted by atomic mass is 10.2. The minimum absolute atomic E-state index is 0.0667. The molecule has 0 spiro atoms. The van der Waals surface area contributed by atoms with Gasteiger partial charge in [0.25, 0.3) is 5.56 Å². The largest absolute Gasteiger partial charge is 0.491 e. The third-order valence-corrected chi connectivity index (χ3v) is 6.01. The molecule has 3 heterocycles. The molecule has 0 radical (unpaired) electrons. The average Bonchev–Trinajstić information content (AvgIpc) is 3.17. The summed E-state index contributed by atoms with van der Waals surface area (Å²) in [5.74, 6) is 1.29. The number of hydrogen-bond donors (Lipinski definition) is 2. The van der Waals surface area contributed by atoms with Crippen LogP contribution in [0.4, 0.5) is 5.95 Å². The summed E-state index contributed by atoms with van der Waals surface area (Å²) in [6.45, 7) is 8.50. The van der Waals surface area contributed by atoms with Crippen molar-refractivity contribution in [3.8, 4) is 5.75 Å². The van der Waals surface area contributed by atoms with Gasteiger partial charge in [0.2, 0.25) is 5.95 Å². The summed E-state index contributed by atoms with van der Waals surface area (Å²) in [5, 5.41) is 10.8. The number of hydrogen-bond acceptors (Lipinski definition) is 7. The summed E-state index contributed by atoms with van der Waals surface area (Å²) in [7, 11) is 1.58. The van der Waals surface area contributed by atoms with Crippen LogP contribution in [0.15, 0.2) is 33.9 Å². The first-order valence-electron chi connectivity index (χ1n) is 10.9. The van der Waals surface area contributed by atoms with E-state index < -0.39 is 17.4 Å². The van der Waals surface area contributed by atoms with Crippen LogP contribution in [0.3, 0.4) is 0 Å². The highest BCUT2D eigenvalue weighted by Crippen LogP contribution is 2.22. The molecule has 0 unspecified atom stereocenters. The van der Waals surface area contributed by atoms with Gasteiger partial charge in [0.1, 0.15) is 18.5 Å². The third kappa shape index (κ3) is 4.28. The monoisotopic (exact) mass is 442 g/mol. The standard InChI is InChI=1S/C22H30N6O4/c1-4-26-9-11-27(12-10-26)21-23-19-18(20(30)24-22(31)25(19)3)28(21)13-16(29)14-32-17-8-6-5-7-15(17)2/h5-8,16,29H,4,9-14H2,1-3H3,(H,24,30,31)/t16-/m0/s1. The van der Waals surface area contributed by atoms with Gasteiger partial charge < -0.3 is 24.2 Å². The molecule has 1 aliphatic rings. The molecular formula is C22H30N6O4. The lowest BCUT2D eigenvalue weighted by Gasteiger charge is -2.35. The van der Waals surface area contributed by atoms with Crippen LogP contribution in [-0.2, 0) is 13.6 Å². The number of benzene rings is 1. The summed E-state index contributed by atoms with van der Waals surface area (Å²) in [6.07, 6.45) is -0.876. The van der Waals surface area contributed by atoms with Gasteiger partial charge in [-0.1, -0.05) is 25.1 Å². The minimum Gasteiger partial charge on any atom is -0.491 e. The molecule has 1 atom stereocenters. The Morgan fingerprint density at radius 2 is 1.91 bits per heavy atom. The van der Waals surface area contributed by atoms with E-state index in [0.29, 0.717) is 17.3 Å². The number of aliphatic hydroxyl groups excluding tert-OH is 1. The zero-order chi connectivity index (χ0) is 22.8. The molecule has 0 saturated carbocycles. The van der Waals surface area contributed by atoms with E-state index in [4.69, 9.17) is 4.74 Å². The fourth-order valence-electron chi connectivity index (χ4n) is 4.07. The number of ether oxygens (including phenoxy) is 1. The lowest BCUT2D eigenvalue weighted by Crippen LogP contribution is -2.47. The fraction of sp³-hybridized carbons (Fsp3) is 0.500. The van der Waals surface area contributed by atoms with Gasteiger partial charge in [-0.2, -0.15) is 4.98 Å². The van der Waals surface area contributed by atoms with Crippen molar-refractivity contribution in [2.24, 2.45) is 7.05 Å². The van der Waals surface area contributed by atoms with Crippen LogP contribution in [0.1, 0.15) is 12.5 Å². The Balaban J connectivity index is 1.65. The van der Waals surface area contributed by atoms with Crippen molar-refractivity contribution >= 4 is 17.1 Å². The quantitative estimate of drug-likeness (QED) is 0.542. The van der Waals surface area contributed by atoms with Crippen LogP contribution >= 0.6 is 0 Å². The number of H-pyrrole nitrogens is 1. The molecule has 1 aliphatic heterocycles. The van der Waals surface area contributed by atoms with Crippen molar-refractivity contribution in [3.05, 3.63) is 50.7 Å². The number of aromatic nitrogens is 4. The van der Waals surface area contributed by atoms with Crippen LogP contribution < -0.4 is 20.9 Å².